The fraction of sp³-hybridized carbons (Fsp3) is 0.714. The molecule has 1 fully saturated rings. The van der Waals surface area contributed by atoms with Gasteiger partial charge in [-0.25, -0.2) is 0 Å². The Balaban J connectivity index is 1.78. The zero-order chi connectivity index (χ0) is 13.0. The van der Waals surface area contributed by atoms with Crippen molar-refractivity contribution in [1.82, 2.24) is 10.2 Å². The van der Waals surface area contributed by atoms with Gasteiger partial charge in [0.1, 0.15) is 0 Å². The molecule has 2 unspecified atom stereocenters. The highest BCUT2D eigenvalue weighted by atomic mass is 79.9. The van der Waals surface area contributed by atoms with Crippen molar-refractivity contribution in [3.8, 4) is 0 Å². The third kappa shape index (κ3) is 4.34. The Morgan fingerprint density at radius 2 is 2.39 bits per heavy atom. The molecule has 2 heterocycles. The van der Waals surface area contributed by atoms with E-state index in [1.165, 1.54) is 41.6 Å². The fourth-order valence-electron chi connectivity index (χ4n) is 2.56. The van der Waals surface area contributed by atoms with Gasteiger partial charge in [-0.3, -0.25) is 4.90 Å². The van der Waals surface area contributed by atoms with E-state index < -0.39 is 0 Å². The summed E-state index contributed by atoms with van der Waals surface area (Å²) in [5, 5.41) is 5.80. The van der Waals surface area contributed by atoms with Crippen molar-refractivity contribution in [3.05, 3.63) is 20.8 Å². The fourth-order valence-corrected chi connectivity index (χ4v) is 4.07. The first-order chi connectivity index (χ1) is 8.65. The van der Waals surface area contributed by atoms with Crippen LogP contribution in [0.1, 0.15) is 37.5 Å². The first kappa shape index (κ1) is 14.5. The summed E-state index contributed by atoms with van der Waals surface area (Å²) in [4.78, 5) is 3.90. The van der Waals surface area contributed by atoms with Crippen LogP contribution in [0.3, 0.4) is 0 Å². The Bertz CT molecular complexity index is 360. The van der Waals surface area contributed by atoms with Gasteiger partial charge >= 0.3 is 0 Å². The van der Waals surface area contributed by atoms with Gasteiger partial charge in [-0.2, -0.15) is 0 Å². The average Bonchev–Trinajstić information content (AvgIpc) is 2.76. The maximum Gasteiger partial charge on any atom is 0.0328 e. The molecular weight excluding hydrogens is 308 g/mol. The molecule has 0 bridgehead atoms. The van der Waals surface area contributed by atoms with Gasteiger partial charge in [0.25, 0.3) is 0 Å². The summed E-state index contributed by atoms with van der Waals surface area (Å²) in [5.74, 6) is 0. The number of hydrogen-bond donors (Lipinski definition) is 1. The minimum Gasteiger partial charge on any atom is -0.314 e. The number of nitrogens with one attached hydrogen (secondary N) is 1. The summed E-state index contributed by atoms with van der Waals surface area (Å²) in [7, 11) is 2.24. The maximum atomic E-state index is 3.64. The van der Waals surface area contributed by atoms with Crippen LogP contribution in [-0.2, 0) is 6.54 Å². The van der Waals surface area contributed by atoms with Crippen LogP contribution in [0.5, 0.6) is 0 Å². The van der Waals surface area contributed by atoms with Crippen LogP contribution in [-0.4, -0.2) is 30.6 Å². The van der Waals surface area contributed by atoms with Crippen molar-refractivity contribution in [2.24, 2.45) is 0 Å². The quantitative estimate of drug-likeness (QED) is 0.881. The molecule has 2 atom stereocenters. The molecule has 1 aromatic heterocycles. The predicted molar refractivity (Wildman–Crippen MR) is 83.2 cm³/mol. The zero-order valence-corrected chi connectivity index (χ0v) is 13.7. The van der Waals surface area contributed by atoms with E-state index in [2.05, 4.69) is 51.6 Å². The van der Waals surface area contributed by atoms with Gasteiger partial charge < -0.3 is 5.32 Å². The lowest BCUT2D eigenvalue weighted by Crippen LogP contribution is -2.40. The molecule has 18 heavy (non-hydrogen) atoms. The lowest BCUT2D eigenvalue weighted by Gasteiger charge is -2.30. The summed E-state index contributed by atoms with van der Waals surface area (Å²) < 4.78 is 1.21. The number of thiophene rings is 1. The number of piperidine rings is 1. The molecule has 1 saturated heterocycles. The van der Waals surface area contributed by atoms with Crippen molar-refractivity contribution in [1.29, 1.82) is 0 Å². The van der Waals surface area contributed by atoms with Crippen LogP contribution in [0, 0.1) is 0 Å². The number of halogens is 1. The zero-order valence-electron chi connectivity index (χ0n) is 11.3. The van der Waals surface area contributed by atoms with Crippen LogP contribution in [0.25, 0.3) is 0 Å². The van der Waals surface area contributed by atoms with Crippen molar-refractivity contribution < 1.29 is 0 Å². The lowest BCUT2D eigenvalue weighted by molar-refractivity contribution is 0.211. The molecule has 0 radical (unpaired) electrons. The third-order valence-corrected chi connectivity index (χ3v) is 5.50. The van der Waals surface area contributed by atoms with Crippen molar-refractivity contribution >= 4 is 27.3 Å². The van der Waals surface area contributed by atoms with Gasteiger partial charge in [-0.1, -0.05) is 6.42 Å². The molecule has 0 amide bonds. The van der Waals surface area contributed by atoms with Gasteiger partial charge in [-0.15, -0.1) is 11.3 Å². The highest BCUT2D eigenvalue weighted by Gasteiger charge is 2.18. The second kappa shape index (κ2) is 7.04. The van der Waals surface area contributed by atoms with E-state index in [1.54, 1.807) is 0 Å². The topological polar surface area (TPSA) is 15.3 Å². The monoisotopic (exact) mass is 330 g/mol. The van der Waals surface area contributed by atoms with Gasteiger partial charge in [0.05, 0.1) is 0 Å². The van der Waals surface area contributed by atoms with Crippen LogP contribution < -0.4 is 5.32 Å². The maximum absolute atomic E-state index is 3.64. The summed E-state index contributed by atoms with van der Waals surface area (Å²) in [6.07, 6.45) is 5.36. The standard InChI is InChI=1S/C14H23BrN2S/c1-11(7-13-5-3-4-6-16-13)17(2)9-14-8-12(15)10-18-14/h8,10-11,13,16H,3-7,9H2,1-2H3. The molecule has 4 heteroatoms. The van der Waals surface area contributed by atoms with Gasteiger partial charge in [0.2, 0.25) is 0 Å². The number of nitrogens with zero attached hydrogens (tertiary/aromatic N) is 1. The molecule has 102 valence electrons. The Morgan fingerprint density at radius 1 is 1.56 bits per heavy atom. The summed E-state index contributed by atoms with van der Waals surface area (Å²) >= 11 is 5.36. The van der Waals surface area contributed by atoms with E-state index in [0.717, 1.165) is 12.6 Å². The van der Waals surface area contributed by atoms with E-state index in [4.69, 9.17) is 0 Å². The average molecular weight is 331 g/mol. The Labute approximate surface area is 123 Å². The van der Waals surface area contributed by atoms with E-state index in [-0.39, 0.29) is 0 Å². The molecule has 1 N–H and O–H groups in total. The Hall–Kier alpha value is 0.1000. The Kier molecular flexibility index (Phi) is 5.67. The molecule has 1 aromatic rings. The number of rotatable bonds is 5. The SMILES string of the molecule is CC(CC1CCCCN1)N(C)Cc1cc(Br)cs1. The molecule has 1 aliphatic rings. The van der Waals surface area contributed by atoms with Crippen LogP contribution in [0.4, 0.5) is 0 Å². The molecule has 1 aliphatic heterocycles. The minimum atomic E-state index is 0.640. The van der Waals surface area contributed by atoms with Gasteiger partial charge in [-0.05, 0) is 61.8 Å². The van der Waals surface area contributed by atoms with E-state index in [1.807, 2.05) is 11.3 Å². The van der Waals surface area contributed by atoms with Crippen molar-refractivity contribution in [2.45, 2.75) is 51.2 Å². The Morgan fingerprint density at radius 3 is 3.00 bits per heavy atom. The van der Waals surface area contributed by atoms with Gasteiger partial charge in [0, 0.05) is 33.4 Å². The van der Waals surface area contributed by atoms with Crippen LogP contribution in [0.15, 0.2) is 15.9 Å². The molecule has 0 saturated carbocycles. The molecule has 2 rings (SSSR count). The predicted octanol–water partition coefficient (Wildman–Crippen LogP) is 3.86. The minimum absolute atomic E-state index is 0.640. The molecule has 0 spiro atoms. The first-order valence-electron chi connectivity index (χ1n) is 6.81. The highest BCUT2D eigenvalue weighted by Crippen LogP contribution is 2.22. The second-order valence-electron chi connectivity index (χ2n) is 5.38. The largest absolute Gasteiger partial charge is 0.314 e. The second-order valence-corrected chi connectivity index (χ2v) is 7.29. The summed E-state index contributed by atoms with van der Waals surface area (Å²) in [6.45, 7) is 4.61. The van der Waals surface area contributed by atoms with Crippen LogP contribution >= 0.6 is 27.3 Å². The lowest BCUT2D eigenvalue weighted by atomic mass is 9.98. The van der Waals surface area contributed by atoms with Gasteiger partial charge in [0.15, 0.2) is 0 Å². The molecular formula is C14H23BrN2S. The smallest absolute Gasteiger partial charge is 0.0328 e. The third-order valence-electron chi connectivity index (χ3n) is 3.82. The highest BCUT2D eigenvalue weighted by molar-refractivity contribution is 9.10. The summed E-state index contributed by atoms with van der Waals surface area (Å²) in [5.41, 5.74) is 0. The summed E-state index contributed by atoms with van der Waals surface area (Å²) in [6, 6.07) is 3.60. The normalized spacial score (nSPS) is 22.3. The van der Waals surface area contributed by atoms with E-state index in [0.29, 0.717) is 6.04 Å². The van der Waals surface area contributed by atoms with Crippen molar-refractivity contribution in [3.63, 3.8) is 0 Å². The van der Waals surface area contributed by atoms with E-state index >= 15 is 0 Å². The van der Waals surface area contributed by atoms with E-state index in [9.17, 15) is 0 Å². The first-order valence-corrected chi connectivity index (χ1v) is 8.49. The molecule has 0 aliphatic carbocycles. The molecule has 2 nitrogen and oxygen atoms in total. The number of hydrogen-bond acceptors (Lipinski definition) is 3. The molecule has 0 aromatic carbocycles. The van der Waals surface area contributed by atoms with Crippen LogP contribution in [0.2, 0.25) is 0 Å². The van der Waals surface area contributed by atoms with Crippen molar-refractivity contribution in [2.75, 3.05) is 13.6 Å².